The Hall–Kier alpha value is -4.61. The highest BCUT2D eigenvalue weighted by molar-refractivity contribution is 6.30. The standard InChI is InChI=1S/C32H25ClN2O3/c33-28-15-11-23(12-16-28)21-37-29-17-13-26(14-18-29)32(36)35-34-20-24-5-3-9-30(19-24)38-22-27-8-4-7-25-6-1-2-10-31(25)27/h1-20H,21-22H2,(H,35,36)/b34-20-. The molecule has 0 fully saturated rings. The van der Waals surface area contributed by atoms with Crippen molar-refractivity contribution < 1.29 is 14.3 Å². The second-order valence-corrected chi connectivity index (χ2v) is 9.07. The number of nitrogens with zero attached hydrogens (tertiary/aromatic N) is 1. The smallest absolute Gasteiger partial charge is 0.271 e. The molecule has 0 aromatic heterocycles. The first-order valence-electron chi connectivity index (χ1n) is 12.1. The maximum atomic E-state index is 12.5. The number of hydrogen-bond acceptors (Lipinski definition) is 4. The number of ether oxygens (including phenoxy) is 2. The van der Waals surface area contributed by atoms with Crippen molar-refractivity contribution in [2.45, 2.75) is 13.2 Å². The molecule has 0 unspecified atom stereocenters. The van der Waals surface area contributed by atoms with Crippen molar-refractivity contribution in [1.29, 1.82) is 0 Å². The van der Waals surface area contributed by atoms with Gasteiger partial charge in [0.05, 0.1) is 6.21 Å². The van der Waals surface area contributed by atoms with Crippen LogP contribution in [0.2, 0.25) is 5.02 Å². The molecule has 5 aromatic carbocycles. The Kier molecular flexibility index (Phi) is 7.97. The average molecular weight is 521 g/mol. The van der Waals surface area contributed by atoms with Gasteiger partial charge in [-0.1, -0.05) is 78.3 Å². The molecule has 0 aliphatic rings. The molecule has 0 bridgehead atoms. The number of nitrogens with one attached hydrogen (secondary N) is 1. The summed E-state index contributed by atoms with van der Waals surface area (Å²) in [7, 11) is 0. The summed E-state index contributed by atoms with van der Waals surface area (Å²) in [5, 5.41) is 7.15. The third-order valence-corrected chi connectivity index (χ3v) is 6.20. The van der Waals surface area contributed by atoms with E-state index in [0.29, 0.717) is 29.5 Å². The summed E-state index contributed by atoms with van der Waals surface area (Å²) in [6.07, 6.45) is 1.59. The summed E-state index contributed by atoms with van der Waals surface area (Å²) in [4.78, 5) is 12.5. The first-order valence-corrected chi connectivity index (χ1v) is 12.5. The monoisotopic (exact) mass is 520 g/mol. The molecule has 5 nitrogen and oxygen atoms in total. The number of carbonyl (C=O) groups excluding carboxylic acids is 1. The van der Waals surface area contributed by atoms with E-state index in [0.717, 1.165) is 22.4 Å². The molecule has 38 heavy (non-hydrogen) atoms. The van der Waals surface area contributed by atoms with Crippen LogP contribution in [0.5, 0.6) is 11.5 Å². The quantitative estimate of drug-likeness (QED) is 0.162. The maximum absolute atomic E-state index is 12.5. The van der Waals surface area contributed by atoms with E-state index in [-0.39, 0.29) is 5.91 Å². The fourth-order valence-corrected chi connectivity index (χ4v) is 4.07. The molecule has 6 heteroatoms. The molecule has 0 saturated carbocycles. The fourth-order valence-electron chi connectivity index (χ4n) is 3.94. The number of benzene rings is 5. The Morgan fingerprint density at radius 3 is 2.34 bits per heavy atom. The summed E-state index contributed by atoms with van der Waals surface area (Å²) in [5.41, 5.74) is 5.98. The predicted octanol–water partition coefficient (Wildman–Crippen LogP) is 7.42. The molecule has 188 valence electrons. The van der Waals surface area contributed by atoms with Crippen molar-refractivity contribution in [3.8, 4) is 11.5 Å². The predicted molar refractivity (Wildman–Crippen MR) is 152 cm³/mol. The van der Waals surface area contributed by atoms with Gasteiger partial charge in [0.25, 0.3) is 5.91 Å². The lowest BCUT2D eigenvalue weighted by Crippen LogP contribution is -2.17. The second-order valence-electron chi connectivity index (χ2n) is 8.64. The van der Waals surface area contributed by atoms with Gasteiger partial charge in [0.1, 0.15) is 24.7 Å². The largest absolute Gasteiger partial charge is 0.489 e. The van der Waals surface area contributed by atoms with Gasteiger partial charge in [0.15, 0.2) is 0 Å². The van der Waals surface area contributed by atoms with E-state index in [1.54, 1.807) is 30.5 Å². The van der Waals surface area contributed by atoms with Crippen LogP contribution in [0.3, 0.4) is 0 Å². The number of rotatable bonds is 9. The molecule has 0 aliphatic carbocycles. The molecule has 0 atom stereocenters. The van der Waals surface area contributed by atoms with Crippen LogP contribution in [-0.4, -0.2) is 12.1 Å². The van der Waals surface area contributed by atoms with E-state index in [2.05, 4.69) is 34.8 Å². The third kappa shape index (κ3) is 6.58. The lowest BCUT2D eigenvalue weighted by atomic mass is 10.1. The van der Waals surface area contributed by atoms with Crippen molar-refractivity contribution in [3.63, 3.8) is 0 Å². The third-order valence-electron chi connectivity index (χ3n) is 5.95. The molecule has 1 amide bonds. The Morgan fingerprint density at radius 1 is 0.763 bits per heavy atom. The lowest BCUT2D eigenvalue weighted by molar-refractivity contribution is 0.0955. The number of amides is 1. The molecular formula is C32H25ClN2O3. The van der Waals surface area contributed by atoms with Gasteiger partial charge in [-0.2, -0.15) is 5.10 Å². The van der Waals surface area contributed by atoms with Crippen LogP contribution < -0.4 is 14.9 Å². The van der Waals surface area contributed by atoms with E-state index in [1.165, 1.54) is 10.8 Å². The zero-order valence-corrected chi connectivity index (χ0v) is 21.3. The molecule has 0 heterocycles. The molecule has 0 spiro atoms. The van der Waals surface area contributed by atoms with Crippen LogP contribution >= 0.6 is 11.6 Å². The van der Waals surface area contributed by atoms with Crippen molar-refractivity contribution in [1.82, 2.24) is 5.43 Å². The Labute approximate surface area is 226 Å². The number of carbonyl (C=O) groups is 1. The molecular weight excluding hydrogens is 496 g/mol. The number of hydrazone groups is 1. The van der Waals surface area contributed by atoms with Gasteiger partial charge >= 0.3 is 0 Å². The maximum Gasteiger partial charge on any atom is 0.271 e. The average Bonchev–Trinajstić information content (AvgIpc) is 2.96. The van der Waals surface area contributed by atoms with E-state index in [4.69, 9.17) is 21.1 Å². The van der Waals surface area contributed by atoms with Crippen LogP contribution in [-0.2, 0) is 13.2 Å². The number of hydrogen-bond donors (Lipinski definition) is 1. The number of fused-ring (bicyclic) bond motifs is 1. The van der Waals surface area contributed by atoms with Gasteiger partial charge in [0.2, 0.25) is 0 Å². The minimum Gasteiger partial charge on any atom is -0.489 e. The zero-order valence-electron chi connectivity index (χ0n) is 20.5. The highest BCUT2D eigenvalue weighted by Crippen LogP contribution is 2.21. The highest BCUT2D eigenvalue weighted by Gasteiger charge is 2.06. The SMILES string of the molecule is O=C(N/N=C\c1cccc(OCc2cccc3ccccc23)c1)c1ccc(OCc2ccc(Cl)cc2)cc1. The fraction of sp³-hybridized carbons (Fsp3) is 0.0625. The van der Waals surface area contributed by atoms with E-state index < -0.39 is 0 Å². The summed E-state index contributed by atoms with van der Waals surface area (Å²) in [6, 6.07) is 36.4. The van der Waals surface area contributed by atoms with E-state index in [9.17, 15) is 4.79 Å². The summed E-state index contributed by atoms with van der Waals surface area (Å²) >= 11 is 5.91. The zero-order chi connectivity index (χ0) is 26.2. The Morgan fingerprint density at radius 2 is 1.50 bits per heavy atom. The molecule has 5 aromatic rings. The van der Waals surface area contributed by atoms with Crippen molar-refractivity contribution in [3.05, 3.63) is 143 Å². The molecule has 0 radical (unpaired) electrons. The van der Waals surface area contributed by atoms with Gasteiger partial charge in [-0.15, -0.1) is 0 Å². The van der Waals surface area contributed by atoms with Crippen LogP contribution in [0.15, 0.2) is 120 Å². The molecule has 5 rings (SSSR count). The minimum absolute atomic E-state index is 0.311. The van der Waals surface area contributed by atoms with Crippen LogP contribution in [0.1, 0.15) is 27.0 Å². The Bertz CT molecular complexity index is 1560. The van der Waals surface area contributed by atoms with E-state index in [1.807, 2.05) is 66.7 Å². The van der Waals surface area contributed by atoms with Crippen LogP contribution in [0.25, 0.3) is 10.8 Å². The summed E-state index contributed by atoms with van der Waals surface area (Å²) in [5.74, 6) is 1.08. The lowest BCUT2D eigenvalue weighted by Gasteiger charge is -2.09. The van der Waals surface area contributed by atoms with Gasteiger partial charge < -0.3 is 9.47 Å². The summed E-state index contributed by atoms with van der Waals surface area (Å²) < 4.78 is 11.8. The minimum atomic E-state index is -0.311. The highest BCUT2D eigenvalue weighted by atomic mass is 35.5. The summed E-state index contributed by atoms with van der Waals surface area (Å²) in [6.45, 7) is 0.871. The van der Waals surface area contributed by atoms with Crippen molar-refractivity contribution >= 4 is 34.5 Å². The first kappa shape index (κ1) is 25.1. The molecule has 1 N–H and O–H groups in total. The molecule has 0 aliphatic heterocycles. The van der Waals surface area contributed by atoms with Crippen LogP contribution in [0.4, 0.5) is 0 Å². The van der Waals surface area contributed by atoms with Gasteiger partial charge in [-0.05, 0) is 76.0 Å². The normalized spacial score (nSPS) is 11.0. The van der Waals surface area contributed by atoms with Crippen LogP contribution in [0, 0.1) is 0 Å². The second kappa shape index (κ2) is 12.1. The van der Waals surface area contributed by atoms with Gasteiger partial charge in [-0.3, -0.25) is 4.79 Å². The number of halogens is 1. The topological polar surface area (TPSA) is 59.9 Å². The molecule has 0 saturated heterocycles. The van der Waals surface area contributed by atoms with Gasteiger partial charge in [0, 0.05) is 10.6 Å². The Balaban J connectivity index is 1.13. The van der Waals surface area contributed by atoms with Crippen molar-refractivity contribution in [2.24, 2.45) is 5.10 Å². The van der Waals surface area contributed by atoms with Gasteiger partial charge in [-0.25, -0.2) is 5.43 Å². The van der Waals surface area contributed by atoms with E-state index >= 15 is 0 Å². The van der Waals surface area contributed by atoms with Crippen molar-refractivity contribution in [2.75, 3.05) is 0 Å². The first-order chi connectivity index (χ1) is 18.6.